The smallest absolute Gasteiger partial charge is 0.284 e. The number of hydrogen-bond donors (Lipinski definition) is 3. The number of hydrogen-bond acceptors (Lipinski definition) is 6. The zero-order valence-electron chi connectivity index (χ0n) is 12.0. The summed E-state index contributed by atoms with van der Waals surface area (Å²) in [7, 11) is 0. The number of benzene rings is 2. The van der Waals surface area contributed by atoms with Gasteiger partial charge in [-0.3, -0.25) is 4.79 Å². The van der Waals surface area contributed by atoms with Crippen molar-refractivity contribution in [3.63, 3.8) is 0 Å². The van der Waals surface area contributed by atoms with Crippen molar-refractivity contribution in [3.8, 4) is 23.0 Å². The lowest BCUT2D eigenvalue weighted by Crippen LogP contribution is -2.42. The van der Waals surface area contributed by atoms with Gasteiger partial charge in [-0.25, -0.2) is 5.43 Å². The first-order valence-electron chi connectivity index (χ1n) is 6.87. The second-order valence-electron chi connectivity index (χ2n) is 4.85. The third-order valence-corrected chi connectivity index (χ3v) is 3.19. The normalized spacial score (nSPS) is 16.3. The van der Waals surface area contributed by atoms with E-state index in [0.29, 0.717) is 17.1 Å². The van der Waals surface area contributed by atoms with Crippen molar-refractivity contribution >= 4 is 12.1 Å². The second kappa shape index (κ2) is 6.27. The van der Waals surface area contributed by atoms with Crippen LogP contribution in [0.4, 0.5) is 0 Å². The molecule has 7 nitrogen and oxygen atoms in total. The molecule has 0 aliphatic carbocycles. The quantitative estimate of drug-likeness (QED) is 0.451. The zero-order valence-corrected chi connectivity index (χ0v) is 12.0. The summed E-state index contributed by atoms with van der Waals surface area (Å²) in [6.07, 6.45) is 0.546. The molecule has 1 aliphatic heterocycles. The van der Waals surface area contributed by atoms with E-state index >= 15 is 0 Å². The fraction of sp³-hybridized carbons (Fsp3) is 0.125. The summed E-state index contributed by atoms with van der Waals surface area (Å²) in [6, 6.07) is 11.3. The topological polar surface area (TPSA) is 100 Å². The van der Waals surface area contributed by atoms with Gasteiger partial charge >= 0.3 is 0 Å². The Morgan fingerprint density at radius 1 is 1.17 bits per heavy atom. The number of amides is 1. The van der Waals surface area contributed by atoms with Crippen LogP contribution in [-0.4, -0.2) is 35.0 Å². The highest BCUT2D eigenvalue weighted by Gasteiger charge is 2.26. The van der Waals surface area contributed by atoms with Crippen LogP contribution in [0.1, 0.15) is 5.56 Å². The van der Waals surface area contributed by atoms with Gasteiger partial charge in [0.2, 0.25) is 6.10 Å². The molecule has 0 fully saturated rings. The molecule has 1 atom stereocenters. The number of carbonyl (C=O) groups is 1. The number of carbonyl (C=O) groups excluding carboxylic acids is 1. The fourth-order valence-electron chi connectivity index (χ4n) is 2.01. The standard InChI is InChI=1S/C16H14N2O5/c19-11-6-5-10(7-12(11)20)8-17-18-16(21)15-9-22-13-3-1-2-4-14(13)23-15/h1-8,15,19-20H,9H2,(H,18,21)/b17-8+/t15-/m1/s1. The Kier molecular flexibility index (Phi) is 4.01. The van der Waals surface area contributed by atoms with Crippen molar-refractivity contribution in [2.75, 3.05) is 6.61 Å². The zero-order chi connectivity index (χ0) is 16.2. The molecule has 118 valence electrons. The summed E-state index contributed by atoms with van der Waals surface area (Å²) in [5.74, 6) is 0.170. The van der Waals surface area contributed by atoms with E-state index in [1.54, 1.807) is 24.3 Å². The molecule has 1 amide bonds. The minimum atomic E-state index is -0.796. The van der Waals surface area contributed by atoms with Crippen molar-refractivity contribution in [1.82, 2.24) is 5.43 Å². The molecule has 1 aliphatic rings. The Morgan fingerprint density at radius 2 is 1.96 bits per heavy atom. The van der Waals surface area contributed by atoms with E-state index < -0.39 is 12.0 Å². The summed E-state index contributed by atoms with van der Waals surface area (Å²) in [5, 5.41) is 22.4. The molecule has 0 aromatic heterocycles. The van der Waals surface area contributed by atoms with Gasteiger partial charge in [-0.05, 0) is 35.9 Å². The van der Waals surface area contributed by atoms with E-state index in [4.69, 9.17) is 9.47 Å². The lowest BCUT2D eigenvalue weighted by molar-refractivity contribution is -0.130. The van der Waals surface area contributed by atoms with Gasteiger partial charge in [0.05, 0.1) is 6.21 Å². The van der Waals surface area contributed by atoms with Crippen LogP contribution in [0.15, 0.2) is 47.6 Å². The first-order chi connectivity index (χ1) is 11.1. The molecular weight excluding hydrogens is 300 g/mol. The number of fused-ring (bicyclic) bond motifs is 1. The van der Waals surface area contributed by atoms with Crippen molar-refractivity contribution in [1.29, 1.82) is 0 Å². The number of ether oxygens (including phenoxy) is 2. The summed E-state index contributed by atoms with van der Waals surface area (Å²) >= 11 is 0. The minimum Gasteiger partial charge on any atom is -0.504 e. The molecule has 0 bridgehead atoms. The monoisotopic (exact) mass is 314 g/mol. The van der Waals surface area contributed by atoms with Crippen LogP contribution in [0.2, 0.25) is 0 Å². The largest absolute Gasteiger partial charge is 0.504 e. The molecule has 1 heterocycles. The van der Waals surface area contributed by atoms with Gasteiger partial charge in [0.15, 0.2) is 23.0 Å². The van der Waals surface area contributed by atoms with E-state index in [2.05, 4.69) is 10.5 Å². The first-order valence-corrected chi connectivity index (χ1v) is 6.87. The molecule has 23 heavy (non-hydrogen) atoms. The van der Waals surface area contributed by atoms with Crippen LogP contribution >= 0.6 is 0 Å². The maximum atomic E-state index is 12.0. The van der Waals surface area contributed by atoms with Gasteiger partial charge in [0, 0.05) is 0 Å². The van der Waals surface area contributed by atoms with Gasteiger partial charge in [0.25, 0.3) is 5.91 Å². The number of hydrazone groups is 1. The molecule has 0 unspecified atom stereocenters. The third kappa shape index (κ3) is 3.34. The maximum absolute atomic E-state index is 12.0. The second-order valence-corrected chi connectivity index (χ2v) is 4.85. The number of para-hydroxylation sites is 2. The number of nitrogens with one attached hydrogen (secondary N) is 1. The predicted molar refractivity (Wildman–Crippen MR) is 81.9 cm³/mol. The minimum absolute atomic E-state index is 0.0956. The van der Waals surface area contributed by atoms with Gasteiger partial charge < -0.3 is 19.7 Å². The molecule has 3 rings (SSSR count). The summed E-state index contributed by atoms with van der Waals surface area (Å²) < 4.78 is 11.0. The average Bonchev–Trinajstić information content (AvgIpc) is 2.57. The highest BCUT2D eigenvalue weighted by Crippen LogP contribution is 2.30. The number of aromatic hydroxyl groups is 2. The number of nitrogens with zero attached hydrogens (tertiary/aromatic N) is 1. The van der Waals surface area contributed by atoms with Crippen LogP contribution in [0.25, 0.3) is 0 Å². The lowest BCUT2D eigenvalue weighted by Gasteiger charge is -2.24. The van der Waals surface area contributed by atoms with Crippen molar-refractivity contribution < 1.29 is 24.5 Å². The maximum Gasteiger partial charge on any atom is 0.284 e. The van der Waals surface area contributed by atoms with Gasteiger partial charge in [0.1, 0.15) is 6.61 Å². The average molecular weight is 314 g/mol. The van der Waals surface area contributed by atoms with Crippen LogP contribution in [0.3, 0.4) is 0 Å². The van der Waals surface area contributed by atoms with Crippen LogP contribution in [-0.2, 0) is 4.79 Å². The van der Waals surface area contributed by atoms with Crippen molar-refractivity contribution in [2.24, 2.45) is 5.10 Å². The number of rotatable bonds is 3. The van der Waals surface area contributed by atoms with Crippen molar-refractivity contribution in [3.05, 3.63) is 48.0 Å². The van der Waals surface area contributed by atoms with E-state index in [1.807, 2.05) is 6.07 Å². The van der Waals surface area contributed by atoms with Gasteiger partial charge in [-0.2, -0.15) is 5.10 Å². The molecule has 2 aromatic rings. The Hall–Kier alpha value is -3.22. The Bertz CT molecular complexity index is 760. The predicted octanol–water partition coefficient (Wildman–Crippen LogP) is 1.39. The number of phenolic OH excluding ortho intramolecular Hbond substituents is 2. The highest BCUT2D eigenvalue weighted by atomic mass is 16.6. The Labute approximate surface area is 131 Å². The summed E-state index contributed by atoms with van der Waals surface area (Å²) in [6.45, 7) is 0.0956. The number of phenols is 2. The fourth-order valence-corrected chi connectivity index (χ4v) is 2.01. The van der Waals surface area contributed by atoms with E-state index in [0.717, 1.165) is 0 Å². The molecule has 7 heteroatoms. The summed E-state index contributed by atoms with van der Waals surface area (Å²) in [5.41, 5.74) is 2.87. The first kappa shape index (κ1) is 14.7. The van der Waals surface area contributed by atoms with Gasteiger partial charge in [-0.15, -0.1) is 0 Å². The molecule has 2 aromatic carbocycles. The molecule has 0 radical (unpaired) electrons. The molecule has 0 saturated carbocycles. The van der Waals surface area contributed by atoms with Crippen LogP contribution in [0.5, 0.6) is 23.0 Å². The van der Waals surface area contributed by atoms with E-state index in [1.165, 1.54) is 18.3 Å². The highest BCUT2D eigenvalue weighted by molar-refractivity contribution is 5.85. The lowest BCUT2D eigenvalue weighted by atomic mass is 10.2. The van der Waals surface area contributed by atoms with Crippen molar-refractivity contribution in [2.45, 2.75) is 6.10 Å². The molecule has 0 saturated heterocycles. The van der Waals surface area contributed by atoms with E-state index in [-0.39, 0.29) is 18.1 Å². The van der Waals surface area contributed by atoms with Gasteiger partial charge in [-0.1, -0.05) is 12.1 Å². The van der Waals surface area contributed by atoms with Crippen LogP contribution in [0, 0.1) is 0 Å². The Morgan fingerprint density at radius 3 is 2.74 bits per heavy atom. The van der Waals surface area contributed by atoms with Crippen LogP contribution < -0.4 is 14.9 Å². The molecular formula is C16H14N2O5. The Balaban J connectivity index is 1.59. The molecule has 0 spiro atoms. The SMILES string of the molecule is O=C(N/N=C/c1ccc(O)c(O)c1)[C@H]1COc2ccccc2O1. The third-order valence-electron chi connectivity index (χ3n) is 3.19. The van der Waals surface area contributed by atoms with E-state index in [9.17, 15) is 15.0 Å². The summed E-state index contributed by atoms with van der Waals surface area (Å²) in [4.78, 5) is 12.0. The molecule has 3 N–H and O–H groups in total.